The lowest BCUT2D eigenvalue weighted by Gasteiger charge is -2.18. The van der Waals surface area contributed by atoms with Gasteiger partial charge in [-0.2, -0.15) is 0 Å². The van der Waals surface area contributed by atoms with Crippen LogP contribution in [0.5, 0.6) is 0 Å². The van der Waals surface area contributed by atoms with Crippen molar-refractivity contribution in [3.8, 4) is 0 Å². The fourth-order valence-corrected chi connectivity index (χ4v) is 3.44. The second-order valence-electron chi connectivity index (χ2n) is 9.40. The van der Waals surface area contributed by atoms with E-state index in [-0.39, 0.29) is 50.8 Å². The third-order valence-corrected chi connectivity index (χ3v) is 6.08. The van der Waals surface area contributed by atoms with Crippen LogP contribution in [0.25, 0.3) is 0 Å². The number of carbonyl (C=O) groups excluding carboxylic acids is 3. The van der Waals surface area contributed by atoms with Crippen LogP contribution in [0.3, 0.4) is 0 Å². The van der Waals surface area contributed by atoms with Gasteiger partial charge in [0.2, 0.25) is 0 Å². The lowest BCUT2D eigenvalue weighted by Crippen LogP contribution is -2.31. The summed E-state index contributed by atoms with van der Waals surface area (Å²) in [6.45, 7) is 5.30. The summed E-state index contributed by atoms with van der Waals surface area (Å²) in [7, 11) is 0. The number of rotatable bonds is 23. The lowest BCUT2D eigenvalue weighted by atomic mass is 10.1. The predicted molar refractivity (Wildman–Crippen MR) is 136 cm³/mol. The highest BCUT2D eigenvalue weighted by Gasteiger charge is 2.19. The molecule has 3 N–H and O–H groups in total. The van der Waals surface area contributed by atoms with Gasteiger partial charge in [-0.3, -0.25) is 14.4 Å². The van der Waals surface area contributed by atoms with Crippen molar-refractivity contribution in [1.29, 1.82) is 0 Å². The van der Waals surface area contributed by atoms with Crippen molar-refractivity contribution < 1.29 is 43.9 Å². The van der Waals surface area contributed by atoms with E-state index < -0.39 is 24.0 Å². The van der Waals surface area contributed by atoms with Crippen molar-refractivity contribution in [2.24, 2.45) is 0 Å². The zero-order chi connectivity index (χ0) is 27.2. The van der Waals surface area contributed by atoms with Crippen LogP contribution in [0.4, 0.5) is 0 Å². The molecule has 9 heteroatoms. The van der Waals surface area contributed by atoms with Gasteiger partial charge in [0.05, 0.1) is 18.3 Å². The molecular formula is C27H50O9. The average Bonchev–Trinajstić information content (AvgIpc) is 2.87. The number of hydrogen-bond donors (Lipinski definition) is 3. The third kappa shape index (κ3) is 20.5. The third-order valence-electron chi connectivity index (χ3n) is 6.08. The van der Waals surface area contributed by atoms with Gasteiger partial charge in [0, 0.05) is 19.3 Å². The van der Waals surface area contributed by atoms with E-state index in [4.69, 9.17) is 14.2 Å². The lowest BCUT2D eigenvalue weighted by molar-refractivity contribution is -0.167. The number of aliphatic hydroxyl groups excluding tert-OH is 3. The van der Waals surface area contributed by atoms with Crippen LogP contribution in [0, 0.1) is 0 Å². The van der Waals surface area contributed by atoms with E-state index in [0.29, 0.717) is 77.0 Å². The highest BCUT2D eigenvalue weighted by Crippen LogP contribution is 2.11. The summed E-state index contributed by atoms with van der Waals surface area (Å²) in [5.74, 6) is -1.34. The summed E-state index contributed by atoms with van der Waals surface area (Å²) in [5, 5.41) is 28.8. The van der Waals surface area contributed by atoms with E-state index in [1.807, 2.05) is 20.8 Å². The Kier molecular flexibility index (Phi) is 21.4. The number of aliphatic hydroxyl groups is 3. The largest absolute Gasteiger partial charge is 0.462 e. The first kappa shape index (κ1) is 34.3. The van der Waals surface area contributed by atoms with E-state index in [9.17, 15) is 29.7 Å². The maximum atomic E-state index is 12.3. The first-order valence-corrected chi connectivity index (χ1v) is 13.8. The molecule has 0 spiro atoms. The van der Waals surface area contributed by atoms with E-state index in [1.54, 1.807) is 0 Å². The van der Waals surface area contributed by atoms with Gasteiger partial charge in [0.25, 0.3) is 0 Å². The van der Waals surface area contributed by atoms with Gasteiger partial charge < -0.3 is 29.5 Å². The molecule has 0 amide bonds. The van der Waals surface area contributed by atoms with Crippen LogP contribution in [-0.2, 0) is 28.6 Å². The maximum Gasteiger partial charge on any atom is 0.306 e. The van der Waals surface area contributed by atoms with E-state index in [2.05, 4.69) is 0 Å². The fraction of sp³-hybridized carbons (Fsp3) is 0.889. The Morgan fingerprint density at radius 3 is 1.22 bits per heavy atom. The van der Waals surface area contributed by atoms with Gasteiger partial charge >= 0.3 is 17.9 Å². The molecule has 0 aromatic rings. The topological polar surface area (TPSA) is 140 Å². The van der Waals surface area contributed by atoms with Crippen molar-refractivity contribution in [1.82, 2.24) is 0 Å². The fourth-order valence-electron chi connectivity index (χ4n) is 3.44. The van der Waals surface area contributed by atoms with Crippen LogP contribution in [-0.4, -0.2) is 70.9 Å². The molecule has 0 aromatic heterocycles. The Balaban J connectivity index is 4.50. The SMILES string of the molecule is CCC(O)CCCCC(=O)OCC(COC(=O)CCCCC(O)CC)OC(=O)CCCCC(O)CC. The van der Waals surface area contributed by atoms with Crippen molar-refractivity contribution in [2.75, 3.05) is 13.2 Å². The van der Waals surface area contributed by atoms with Crippen molar-refractivity contribution >= 4 is 17.9 Å². The summed E-state index contributed by atoms with van der Waals surface area (Å²) in [5.41, 5.74) is 0. The number of carbonyl (C=O) groups is 3. The Labute approximate surface area is 216 Å². The molecule has 9 nitrogen and oxygen atoms in total. The summed E-state index contributed by atoms with van der Waals surface area (Å²) in [4.78, 5) is 36.4. The molecule has 0 heterocycles. The number of unbranched alkanes of at least 4 members (excludes halogenated alkanes) is 3. The maximum absolute atomic E-state index is 12.3. The van der Waals surface area contributed by atoms with Gasteiger partial charge in [-0.1, -0.05) is 40.0 Å². The predicted octanol–water partition coefficient (Wildman–Crippen LogP) is 3.98. The molecular weight excluding hydrogens is 468 g/mol. The van der Waals surface area contributed by atoms with Gasteiger partial charge in [0.1, 0.15) is 13.2 Å². The Morgan fingerprint density at radius 1 is 0.556 bits per heavy atom. The standard InChI is InChI=1S/C27H50O9/c1-4-21(28)13-7-10-16-25(31)34-19-24(36-27(33)18-12-9-15-23(30)6-3)20-35-26(32)17-11-8-14-22(29)5-2/h21-24,28-30H,4-20H2,1-3H3. The van der Waals surface area contributed by atoms with E-state index in [1.165, 1.54) is 0 Å². The first-order valence-electron chi connectivity index (χ1n) is 13.8. The van der Waals surface area contributed by atoms with E-state index in [0.717, 1.165) is 0 Å². The first-order chi connectivity index (χ1) is 17.2. The van der Waals surface area contributed by atoms with Crippen molar-refractivity contribution in [3.63, 3.8) is 0 Å². The second kappa shape index (κ2) is 22.5. The van der Waals surface area contributed by atoms with Crippen molar-refractivity contribution in [3.05, 3.63) is 0 Å². The summed E-state index contributed by atoms with van der Waals surface area (Å²) >= 11 is 0. The van der Waals surface area contributed by atoms with Crippen LogP contribution >= 0.6 is 0 Å². The quantitative estimate of drug-likeness (QED) is 0.104. The molecule has 0 fully saturated rings. The Bertz CT molecular complexity index is 548. The minimum atomic E-state index is -0.893. The molecule has 3 unspecified atom stereocenters. The molecule has 0 bridgehead atoms. The van der Waals surface area contributed by atoms with Gasteiger partial charge in [-0.25, -0.2) is 0 Å². The van der Waals surface area contributed by atoms with Crippen molar-refractivity contribution in [2.45, 2.75) is 141 Å². The number of esters is 3. The molecule has 36 heavy (non-hydrogen) atoms. The summed E-state index contributed by atoms with van der Waals surface area (Å²) in [6, 6.07) is 0. The van der Waals surface area contributed by atoms with Gasteiger partial charge in [0.15, 0.2) is 6.10 Å². The molecule has 212 valence electrons. The Morgan fingerprint density at radius 2 is 0.889 bits per heavy atom. The Hall–Kier alpha value is -1.71. The summed E-state index contributed by atoms with van der Waals surface area (Å²) in [6.07, 6.45) is 6.32. The van der Waals surface area contributed by atoms with E-state index >= 15 is 0 Å². The normalized spacial score (nSPS) is 14.5. The molecule has 3 atom stereocenters. The average molecular weight is 519 g/mol. The minimum absolute atomic E-state index is 0.161. The van der Waals surface area contributed by atoms with Crippen LogP contribution in [0.15, 0.2) is 0 Å². The molecule has 0 aromatic carbocycles. The zero-order valence-corrected chi connectivity index (χ0v) is 22.6. The second-order valence-corrected chi connectivity index (χ2v) is 9.40. The van der Waals surface area contributed by atoms with Crippen LogP contribution in [0.2, 0.25) is 0 Å². The highest BCUT2D eigenvalue weighted by atomic mass is 16.6. The molecule has 0 rings (SSSR count). The number of ether oxygens (including phenoxy) is 3. The van der Waals surface area contributed by atoms with Crippen LogP contribution in [0.1, 0.15) is 117 Å². The number of hydrogen-bond acceptors (Lipinski definition) is 9. The highest BCUT2D eigenvalue weighted by molar-refractivity contribution is 5.71. The molecule has 0 saturated heterocycles. The van der Waals surface area contributed by atoms with Gasteiger partial charge in [-0.15, -0.1) is 0 Å². The molecule has 0 radical (unpaired) electrons. The summed E-state index contributed by atoms with van der Waals surface area (Å²) < 4.78 is 15.9. The molecule has 0 aliphatic heterocycles. The molecule has 0 aliphatic carbocycles. The van der Waals surface area contributed by atoms with Crippen LogP contribution < -0.4 is 0 Å². The monoisotopic (exact) mass is 518 g/mol. The molecule has 0 saturated carbocycles. The zero-order valence-electron chi connectivity index (χ0n) is 22.6. The minimum Gasteiger partial charge on any atom is -0.462 e. The van der Waals surface area contributed by atoms with Gasteiger partial charge in [-0.05, 0) is 57.8 Å². The molecule has 0 aliphatic rings. The smallest absolute Gasteiger partial charge is 0.306 e.